The number of hydrogen-bond acceptors (Lipinski definition) is 3. The molecule has 0 saturated carbocycles. The number of aliphatic hydroxyl groups is 1. The summed E-state index contributed by atoms with van der Waals surface area (Å²) in [6, 6.07) is 0. The first kappa shape index (κ1) is 20.3. The number of aliphatic carboxylic acids is 1. The van der Waals surface area contributed by atoms with Crippen LogP contribution in [0.25, 0.3) is 0 Å². The quantitative estimate of drug-likeness (QED) is 0.360. The van der Waals surface area contributed by atoms with E-state index >= 15 is 0 Å². The summed E-state index contributed by atoms with van der Waals surface area (Å²) in [7, 11) is 0. The van der Waals surface area contributed by atoms with E-state index in [4.69, 9.17) is 22.1 Å². The summed E-state index contributed by atoms with van der Waals surface area (Å²) in [5, 5.41) is 18.6. The first-order valence-electron chi connectivity index (χ1n) is 8.07. The third-order valence-corrected chi connectivity index (χ3v) is 4.01. The second-order valence-electron chi connectivity index (χ2n) is 5.59. The molecule has 0 aromatic carbocycles. The molecule has 0 bridgehead atoms. The molecule has 0 spiro atoms. The molecule has 124 valence electrons. The predicted molar refractivity (Wildman–Crippen MR) is 89.1 cm³/mol. The summed E-state index contributed by atoms with van der Waals surface area (Å²) >= 11 is 4.89. The Morgan fingerprint density at radius 1 is 1.00 bits per heavy atom. The van der Waals surface area contributed by atoms with Crippen LogP contribution in [0.4, 0.5) is 0 Å². The summed E-state index contributed by atoms with van der Waals surface area (Å²) in [5.74, 6) is -0.990. The molecule has 0 aromatic heterocycles. The van der Waals surface area contributed by atoms with Crippen LogP contribution in [-0.2, 0) is 9.53 Å². The summed E-state index contributed by atoms with van der Waals surface area (Å²) in [6.45, 7) is 4.69. The molecule has 0 heterocycles. The number of unbranched alkanes of at least 4 members (excludes halogenated alkanes) is 6. The molecule has 0 aromatic rings. The van der Waals surface area contributed by atoms with Crippen LogP contribution in [0, 0.1) is 0 Å². The van der Waals surface area contributed by atoms with E-state index in [-0.39, 0.29) is 11.5 Å². The number of carbonyl (C=O) groups is 1. The lowest BCUT2D eigenvalue weighted by atomic mass is 9.92. The molecule has 0 amide bonds. The van der Waals surface area contributed by atoms with Gasteiger partial charge in [0.15, 0.2) is 5.05 Å². The zero-order valence-electron chi connectivity index (χ0n) is 13.4. The van der Waals surface area contributed by atoms with Gasteiger partial charge in [-0.2, -0.15) is 0 Å². The lowest BCUT2D eigenvalue weighted by molar-refractivity contribution is -0.143. The predicted octanol–water partition coefficient (Wildman–Crippen LogP) is 4.65. The first-order chi connectivity index (χ1) is 9.98. The second kappa shape index (κ2) is 11.9. The van der Waals surface area contributed by atoms with Crippen LogP contribution < -0.4 is 0 Å². The minimum absolute atomic E-state index is 0.262. The number of aliphatic hydroxyl groups excluding tert-OH is 1. The van der Waals surface area contributed by atoms with Gasteiger partial charge in [-0.05, 0) is 25.1 Å². The monoisotopic (exact) mass is 318 g/mol. The third kappa shape index (κ3) is 9.04. The fraction of sp³-hybridized carbons (Fsp3) is 0.875. The van der Waals surface area contributed by atoms with Crippen LogP contribution in [0.5, 0.6) is 0 Å². The molecule has 2 N–H and O–H groups in total. The molecule has 5 heteroatoms. The molecule has 4 nitrogen and oxygen atoms in total. The SMILES string of the molecule is CCCCCCOC(CCCCCC)(CC(=O)O)C(O)=S. The second-order valence-corrected chi connectivity index (χ2v) is 5.98. The Bertz CT molecular complexity index is 307. The molecule has 0 fully saturated rings. The van der Waals surface area contributed by atoms with Crippen LogP contribution in [0.1, 0.15) is 78.1 Å². The van der Waals surface area contributed by atoms with Crippen molar-refractivity contribution in [2.24, 2.45) is 0 Å². The van der Waals surface area contributed by atoms with Crippen molar-refractivity contribution in [3.05, 3.63) is 0 Å². The maximum absolute atomic E-state index is 11.1. The van der Waals surface area contributed by atoms with Gasteiger partial charge in [0, 0.05) is 6.61 Å². The molecule has 1 atom stereocenters. The van der Waals surface area contributed by atoms with Gasteiger partial charge < -0.3 is 14.9 Å². The largest absolute Gasteiger partial charge is 0.500 e. The lowest BCUT2D eigenvalue weighted by Crippen LogP contribution is -2.43. The number of ether oxygens (including phenoxy) is 1. The van der Waals surface area contributed by atoms with Gasteiger partial charge in [-0.3, -0.25) is 4.79 Å². The van der Waals surface area contributed by atoms with E-state index in [9.17, 15) is 9.90 Å². The van der Waals surface area contributed by atoms with Gasteiger partial charge in [-0.15, -0.1) is 0 Å². The van der Waals surface area contributed by atoms with Crippen molar-refractivity contribution in [1.29, 1.82) is 0 Å². The smallest absolute Gasteiger partial charge is 0.306 e. The molecule has 21 heavy (non-hydrogen) atoms. The zero-order chi connectivity index (χ0) is 16.1. The maximum atomic E-state index is 11.1. The van der Waals surface area contributed by atoms with Gasteiger partial charge in [0.2, 0.25) is 0 Å². The Morgan fingerprint density at radius 2 is 1.57 bits per heavy atom. The van der Waals surface area contributed by atoms with E-state index in [0.717, 1.165) is 51.4 Å². The molecule has 0 aliphatic carbocycles. The van der Waals surface area contributed by atoms with Gasteiger partial charge in [-0.1, -0.05) is 58.8 Å². The standard InChI is InChI=1S/C16H30O4S/c1-3-5-7-9-11-16(15(19)21,13-14(17)18)20-12-10-8-6-4-2/h3-13H2,1-2H3,(H,17,18)(H,19,21). The molecular formula is C16H30O4S. The van der Waals surface area contributed by atoms with E-state index in [1.165, 1.54) is 0 Å². The van der Waals surface area contributed by atoms with E-state index in [0.29, 0.717) is 13.0 Å². The van der Waals surface area contributed by atoms with Crippen molar-refractivity contribution in [2.45, 2.75) is 83.7 Å². The summed E-state index contributed by atoms with van der Waals surface area (Å²) in [5.41, 5.74) is -1.19. The number of thiocarbonyl (C=S) groups is 1. The van der Waals surface area contributed by atoms with Crippen molar-refractivity contribution in [3.8, 4) is 0 Å². The summed E-state index contributed by atoms with van der Waals surface area (Å²) in [4.78, 5) is 11.1. The fourth-order valence-corrected chi connectivity index (χ4v) is 2.57. The molecule has 0 saturated heterocycles. The number of carboxylic acids is 1. The minimum Gasteiger partial charge on any atom is -0.500 e. The third-order valence-electron chi connectivity index (χ3n) is 3.64. The number of hydrogen-bond donors (Lipinski definition) is 2. The first-order valence-corrected chi connectivity index (χ1v) is 8.48. The van der Waals surface area contributed by atoms with Crippen molar-refractivity contribution < 1.29 is 19.7 Å². The average Bonchev–Trinajstić information content (AvgIpc) is 2.42. The highest BCUT2D eigenvalue weighted by atomic mass is 32.1. The highest BCUT2D eigenvalue weighted by Gasteiger charge is 2.38. The van der Waals surface area contributed by atoms with Crippen LogP contribution in [0.15, 0.2) is 0 Å². The van der Waals surface area contributed by atoms with Crippen molar-refractivity contribution in [2.75, 3.05) is 6.61 Å². The fourth-order valence-electron chi connectivity index (χ4n) is 2.33. The summed E-state index contributed by atoms with van der Waals surface area (Å²) < 4.78 is 5.76. The van der Waals surface area contributed by atoms with Crippen molar-refractivity contribution in [3.63, 3.8) is 0 Å². The van der Waals surface area contributed by atoms with E-state index in [1.54, 1.807) is 0 Å². The summed E-state index contributed by atoms with van der Waals surface area (Å²) in [6.07, 6.45) is 8.41. The molecular weight excluding hydrogens is 288 g/mol. The normalized spacial score (nSPS) is 13.8. The van der Waals surface area contributed by atoms with Crippen LogP contribution in [0.3, 0.4) is 0 Å². The van der Waals surface area contributed by atoms with Gasteiger partial charge in [-0.25, -0.2) is 0 Å². The minimum atomic E-state index is -1.19. The van der Waals surface area contributed by atoms with Crippen LogP contribution in [0.2, 0.25) is 0 Å². The Hall–Kier alpha value is -0.680. The lowest BCUT2D eigenvalue weighted by Gasteiger charge is -2.30. The molecule has 0 rings (SSSR count). The Balaban J connectivity index is 4.53. The zero-order valence-corrected chi connectivity index (χ0v) is 14.2. The van der Waals surface area contributed by atoms with Gasteiger partial charge >= 0.3 is 5.97 Å². The highest BCUT2D eigenvalue weighted by molar-refractivity contribution is 7.80. The number of carboxylic acid groups (broad SMARTS) is 1. The Morgan fingerprint density at radius 3 is 2.05 bits per heavy atom. The topological polar surface area (TPSA) is 66.8 Å². The van der Waals surface area contributed by atoms with Crippen molar-refractivity contribution in [1.82, 2.24) is 0 Å². The van der Waals surface area contributed by atoms with Gasteiger partial charge in [0.05, 0.1) is 6.42 Å². The van der Waals surface area contributed by atoms with E-state index in [2.05, 4.69) is 13.8 Å². The van der Waals surface area contributed by atoms with E-state index < -0.39 is 11.6 Å². The van der Waals surface area contributed by atoms with Crippen LogP contribution >= 0.6 is 12.2 Å². The molecule has 1 unspecified atom stereocenters. The van der Waals surface area contributed by atoms with Crippen molar-refractivity contribution >= 4 is 23.2 Å². The maximum Gasteiger partial charge on any atom is 0.306 e. The van der Waals surface area contributed by atoms with E-state index in [1.807, 2.05) is 0 Å². The Labute approximate surface area is 133 Å². The van der Waals surface area contributed by atoms with Gasteiger partial charge in [0.1, 0.15) is 5.60 Å². The average molecular weight is 318 g/mol. The molecule has 0 aliphatic rings. The molecule has 0 radical (unpaired) electrons. The molecule has 0 aliphatic heterocycles. The van der Waals surface area contributed by atoms with Gasteiger partial charge in [0.25, 0.3) is 0 Å². The number of rotatable bonds is 14. The van der Waals surface area contributed by atoms with Crippen LogP contribution in [-0.4, -0.2) is 33.4 Å². The highest BCUT2D eigenvalue weighted by Crippen LogP contribution is 2.26. The Kier molecular flexibility index (Phi) is 11.5.